The number of hydrogen-bond donors (Lipinski definition) is 1. The van der Waals surface area contributed by atoms with Gasteiger partial charge >= 0.3 is 0 Å². The molecule has 1 amide bonds. The van der Waals surface area contributed by atoms with Gasteiger partial charge in [-0.15, -0.1) is 0 Å². The van der Waals surface area contributed by atoms with Crippen LogP contribution in [0.25, 0.3) is 11.3 Å². The second-order valence-corrected chi connectivity index (χ2v) is 5.55. The fraction of sp³-hybridized carbons (Fsp3) is 0.100. The molecule has 0 saturated carbocycles. The molecule has 0 aliphatic rings. The highest BCUT2D eigenvalue weighted by Crippen LogP contribution is 2.12. The van der Waals surface area contributed by atoms with Crippen LogP contribution in [0, 0.1) is 0 Å². The first-order valence-electron chi connectivity index (χ1n) is 7.81. The number of carbonyl (C=O) groups is 1. The van der Waals surface area contributed by atoms with Crippen molar-refractivity contribution in [2.45, 2.75) is 13.5 Å². The van der Waals surface area contributed by atoms with E-state index in [-0.39, 0.29) is 5.91 Å². The third kappa shape index (κ3) is 3.98. The van der Waals surface area contributed by atoms with E-state index in [2.05, 4.69) is 10.3 Å². The zero-order chi connectivity index (χ0) is 16.8. The zero-order valence-corrected chi connectivity index (χ0v) is 13.5. The van der Waals surface area contributed by atoms with E-state index >= 15 is 0 Å². The number of imidazole rings is 1. The predicted octanol–water partition coefficient (Wildman–Crippen LogP) is 3.59. The second kappa shape index (κ2) is 7.42. The van der Waals surface area contributed by atoms with Crippen molar-refractivity contribution in [3.8, 4) is 5.69 Å². The molecule has 0 bridgehead atoms. The van der Waals surface area contributed by atoms with Crippen molar-refractivity contribution < 1.29 is 4.79 Å². The molecule has 4 heteroatoms. The molecule has 0 aliphatic carbocycles. The van der Waals surface area contributed by atoms with E-state index in [1.165, 1.54) is 0 Å². The molecule has 3 aromatic rings. The van der Waals surface area contributed by atoms with Crippen molar-refractivity contribution in [2.75, 3.05) is 0 Å². The van der Waals surface area contributed by atoms with Crippen LogP contribution >= 0.6 is 0 Å². The maximum Gasteiger partial charge on any atom is 0.244 e. The Hall–Kier alpha value is -3.14. The molecule has 0 saturated heterocycles. The Morgan fingerprint density at radius 1 is 1.12 bits per heavy atom. The number of nitrogens with zero attached hydrogens (tertiary/aromatic N) is 2. The summed E-state index contributed by atoms with van der Waals surface area (Å²) in [5, 5.41) is 2.92. The van der Waals surface area contributed by atoms with Crippen molar-refractivity contribution in [3.05, 3.63) is 90.5 Å². The van der Waals surface area contributed by atoms with Crippen molar-refractivity contribution >= 4 is 11.5 Å². The Labute approximate surface area is 141 Å². The van der Waals surface area contributed by atoms with Crippen molar-refractivity contribution in [3.63, 3.8) is 0 Å². The minimum Gasteiger partial charge on any atom is -0.348 e. The molecule has 2 aromatic carbocycles. The molecule has 0 atom stereocenters. The Morgan fingerprint density at radius 3 is 2.54 bits per heavy atom. The summed E-state index contributed by atoms with van der Waals surface area (Å²) in [4.78, 5) is 16.1. The first kappa shape index (κ1) is 15.7. The number of carbonyl (C=O) groups excluding carboxylic acids is 1. The van der Waals surface area contributed by atoms with Crippen molar-refractivity contribution in [1.82, 2.24) is 14.9 Å². The van der Waals surface area contributed by atoms with E-state index in [0.717, 1.165) is 22.4 Å². The maximum absolute atomic E-state index is 12.1. The molecule has 120 valence electrons. The lowest BCUT2D eigenvalue weighted by Crippen LogP contribution is -2.20. The molecule has 1 aromatic heterocycles. The number of rotatable bonds is 5. The van der Waals surface area contributed by atoms with E-state index in [9.17, 15) is 4.79 Å². The zero-order valence-electron chi connectivity index (χ0n) is 13.5. The molecule has 0 spiro atoms. The molecule has 0 fully saturated rings. The van der Waals surface area contributed by atoms with Gasteiger partial charge in [0.1, 0.15) is 0 Å². The van der Waals surface area contributed by atoms with Crippen LogP contribution in [0.3, 0.4) is 0 Å². The fourth-order valence-electron chi connectivity index (χ4n) is 2.42. The lowest BCUT2D eigenvalue weighted by molar-refractivity contribution is -0.116. The van der Waals surface area contributed by atoms with E-state index in [1.807, 2.05) is 72.3 Å². The first-order valence-corrected chi connectivity index (χ1v) is 7.81. The van der Waals surface area contributed by atoms with Crippen LogP contribution < -0.4 is 5.32 Å². The number of amides is 1. The smallest absolute Gasteiger partial charge is 0.244 e. The van der Waals surface area contributed by atoms with Crippen LogP contribution in [0.5, 0.6) is 0 Å². The van der Waals surface area contributed by atoms with E-state index in [0.29, 0.717) is 6.54 Å². The van der Waals surface area contributed by atoms with Gasteiger partial charge in [0.25, 0.3) is 0 Å². The molecule has 24 heavy (non-hydrogen) atoms. The molecular weight excluding hydrogens is 298 g/mol. The maximum atomic E-state index is 12.1. The molecule has 3 rings (SSSR count). The molecular formula is C20H19N3O. The number of nitrogens with one attached hydrogen (secondary N) is 1. The van der Waals surface area contributed by atoms with Crippen LogP contribution in [0.1, 0.15) is 18.1 Å². The van der Waals surface area contributed by atoms with Crippen LogP contribution in [0.2, 0.25) is 0 Å². The summed E-state index contributed by atoms with van der Waals surface area (Å²) >= 11 is 0. The van der Waals surface area contributed by atoms with Gasteiger partial charge in [0.2, 0.25) is 5.91 Å². The van der Waals surface area contributed by atoms with Gasteiger partial charge in [-0.1, -0.05) is 42.5 Å². The molecule has 1 heterocycles. The highest BCUT2D eigenvalue weighted by atomic mass is 16.1. The SMILES string of the molecule is C/C(=C\C(=O)NCc1ccc(-n2ccnc2)cc1)c1ccccc1. The molecule has 4 nitrogen and oxygen atoms in total. The lowest BCUT2D eigenvalue weighted by Gasteiger charge is -2.06. The number of allylic oxidation sites excluding steroid dienone is 1. The van der Waals surface area contributed by atoms with Gasteiger partial charge in [0.15, 0.2) is 0 Å². The summed E-state index contributed by atoms with van der Waals surface area (Å²) in [5.41, 5.74) is 4.10. The summed E-state index contributed by atoms with van der Waals surface area (Å²) in [6.45, 7) is 2.44. The highest BCUT2D eigenvalue weighted by Gasteiger charge is 2.01. The summed E-state index contributed by atoms with van der Waals surface area (Å²) in [7, 11) is 0. The normalized spacial score (nSPS) is 11.3. The van der Waals surface area contributed by atoms with Gasteiger partial charge in [-0.3, -0.25) is 4.79 Å². The Balaban J connectivity index is 1.58. The fourth-order valence-corrected chi connectivity index (χ4v) is 2.42. The molecule has 0 aliphatic heterocycles. The summed E-state index contributed by atoms with van der Waals surface area (Å²) in [6, 6.07) is 17.9. The monoisotopic (exact) mass is 317 g/mol. The number of benzene rings is 2. The average molecular weight is 317 g/mol. The van der Waals surface area contributed by atoms with E-state index < -0.39 is 0 Å². The minimum atomic E-state index is -0.0879. The van der Waals surface area contributed by atoms with Crippen LogP contribution in [0.15, 0.2) is 79.4 Å². The van der Waals surface area contributed by atoms with Gasteiger partial charge < -0.3 is 9.88 Å². The summed E-state index contributed by atoms with van der Waals surface area (Å²) in [6.07, 6.45) is 7.03. The van der Waals surface area contributed by atoms with E-state index in [4.69, 9.17) is 0 Å². The summed E-state index contributed by atoms with van der Waals surface area (Å²) < 4.78 is 1.94. The second-order valence-electron chi connectivity index (χ2n) is 5.55. The first-order chi connectivity index (χ1) is 11.7. The van der Waals surface area contributed by atoms with Crippen LogP contribution in [0.4, 0.5) is 0 Å². The van der Waals surface area contributed by atoms with Crippen molar-refractivity contribution in [1.29, 1.82) is 0 Å². The predicted molar refractivity (Wildman–Crippen MR) is 95.5 cm³/mol. The Morgan fingerprint density at radius 2 is 1.88 bits per heavy atom. The quantitative estimate of drug-likeness (QED) is 0.731. The third-order valence-corrected chi connectivity index (χ3v) is 3.78. The van der Waals surface area contributed by atoms with Gasteiger partial charge in [-0.05, 0) is 35.8 Å². The van der Waals surface area contributed by atoms with Gasteiger partial charge in [-0.25, -0.2) is 4.98 Å². The largest absolute Gasteiger partial charge is 0.348 e. The topological polar surface area (TPSA) is 46.9 Å². The number of aromatic nitrogens is 2. The van der Waals surface area contributed by atoms with Crippen molar-refractivity contribution in [2.24, 2.45) is 0 Å². The summed E-state index contributed by atoms with van der Waals surface area (Å²) in [5.74, 6) is -0.0879. The Bertz CT molecular complexity index is 819. The van der Waals surface area contributed by atoms with Gasteiger partial charge in [0.05, 0.1) is 6.33 Å². The van der Waals surface area contributed by atoms with E-state index in [1.54, 1.807) is 18.6 Å². The molecule has 1 N–H and O–H groups in total. The van der Waals surface area contributed by atoms with Crippen LogP contribution in [-0.4, -0.2) is 15.5 Å². The van der Waals surface area contributed by atoms with Gasteiger partial charge in [-0.2, -0.15) is 0 Å². The lowest BCUT2D eigenvalue weighted by atomic mass is 10.1. The third-order valence-electron chi connectivity index (χ3n) is 3.78. The van der Waals surface area contributed by atoms with Crippen LogP contribution in [-0.2, 0) is 11.3 Å². The van der Waals surface area contributed by atoms with Gasteiger partial charge in [0, 0.05) is 30.7 Å². The number of hydrogen-bond acceptors (Lipinski definition) is 2. The molecule has 0 radical (unpaired) electrons. The Kier molecular flexibility index (Phi) is 4.87. The average Bonchev–Trinajstić information content (AvgIpc) is 3.16. The minimum absolute atomic E-state index is 0.0879. The molecule has 0 unspecified atom stereocenters. The highest BCUT2D eigenvalue weighted by molar-refractivity contribution is 5.94. The standard InChI is InChI=1S/C20H19N3O/c1-16(18-5-3-2-4-6-18)13-20(24)22-14-17-7-9-19(10-8-17)23-12-11-21-15-23/h2-13,15H,14H2,1H3,(H,22,24)/b16-13+.